The van der Waals surface area contributed by atoms with Gasteiger partial charge in [0, 0.05) is 22.3 Å². The highest BCUT2D eigenvalue weighted by molar-refractivity contribution is 9.10. The Morgan fingerprint density at radius 2 is 2.00 bits per heavy atom. The maximum Gasteiger partial charge on any atom is 0.167 e. The summed E-state index contributed by atoms with van der Waals surface area (Å²) in [4.78, 5) is 0. The summed E-state index contributed by atoms with van der Waals surface area (Å²) in [6.45, 7) is 4.19. The van der Waals surface area contributed by atoms with Gasteiger partial charge in [0.05, 0.1) is 18.0 Å². The van der Waals surface area contributed by atoms with Crippen molar-refractivity contribution in [3.8, 4) is 5.75 Å². The molecule has 0 heterocycles. The first-order chi connectivity index (χ1) is 9.51. The Balaban J connectivity index is 2.35. The Morgan fingerprint density at radius 1 is 1.25 bits per heavy atom. The molecule has 5 heteroatoms. The highest BCUT2D eigenvalue weighted by atomic mass is 79.9. The van der Waals surface area contributed by atoms with E-state index in [0.717, 1.165) is 15.7 Å². The Labute approximate surface area is 126 Å². The van der Waals surface area contributed by atoms with Crippen molar-refractivity contribution in [1.29, 1.82) is 0 Å². The van der Waals surface area contributed by atoms with Crippen LogP contribution in [0.15, 0.2) is 34.8 Å². The Bertz CT molecular complexity index is 632. The van der Waals surface area contributed by atoms with Gasteiger partial charge in [-0.1, -0.05) is 15.9 Å². The van der Waals surface area contributed by atoms with Gasteiger partial charge in [-0.15, -0.1) is 0 Å². The maximum atomic E-state index is 13.6. The van der Waals surface area contributed by atoms with Gasteiger partial charge >= 0.3 is 0 Å². The minimum absolute atomic E-state index is 0.193. The molecule has 106 valence electrons. The predicted molar refractivity (Wildman–Crippen MR) is 84.1 cm³/mol. The molecule has 0 aliphatic carbocycles. The molecule has 0 unspecified atom stereocenters. The molecule has 0 radical (unpaired) electrons. The highest BCUT2D eigenvalue weighted by Crippen LogP contribution is 2.32. The van der Waals surface area contributed by atoms with E-state index in [0.29, 0.717) is 18.0 Å². The van der Waals surface area contributed by atoms with E-state index in [9.17, 15) is 4.39 Å². The fourth-order valence-corrected chi connectivity index (χ4v) is 2.33. The third-order valence-electron chi connectivity index (χ3n) is 2.86. The molecule has 0 saturated heterocycles. The van der Waals surface area contributed by atoms with E-state index in [-0.39, 0.29) is 5.75 Å². The summed E-state index contributed by atoms with van der Waals surface area (Å²) in [5, 5.41) is 3.20. The molecule has 3 N–H and O–H groups in total. The fraction of sp³-hybridized carbons (Fsp3) is 0.200. The van der Waals surface area contributed by atoms with Crippen LogP contribution < -0.4 is 15.8 Å². The molecule has 0 aliphatic heterocycles. The Kier molecular flexibility index (Phi) is 4.49. The molecule has 3 nitrogen and oxygen atoms in total. The molecule has 0 atom stereocenters. The van der Waals surface area contributed by atoms with Crippen molar-refractivity contribution in [3.63, 3.8) is 0 Å². The van der Waals surface area contributed by atoms with E-state index >= 15 is 0 Å². The van der Waals surface area contributed by atoms with Gasteiger partial charge in [0.1, 0.15) is 0 Å². The summed E-state index contributed by atoms with van der Waals surface area (Å²) in [5.41, 5.74) is 8.78. The van der Waals surface area contributed by atoms with Gasteiger partial charge in [-0.3, -0.25) is 0 Å². The molecule has 2 rings (SSSR count). The number of rotatable bonds is 4. The number of ether oxygens (including phenoxy) is 1. The average Bonchev–Trinajstić information content (AvgIpc) is 2.38. The van der Waals surface area contributed by atoms with E-state index in [2.05, 4.69) is 21.2 Å². The van der Waals surface area contributed by atoms with Gasteiger partial charge in [-0.05, 0) is 37.6 Å². The van der Waals surface area contributed by atoms with Gasteiger partial charge in [0.25, 0.3) is 0 Å². The van der Waals surface area contributed by atoms with Crippen molar-refractivity contribution < 1.29 is 9.13 Å². The normalized spacial score (nSPS) is 10.4. The van der Waals surface area contributed by atoms with Crippen molar-refractivity contribution in [1.82, 2.24) is 0 Å². The van der Waals surface area contributed by atoms with Crippen molar-refractivity contribution in [2.75, 3.05) is 17.7 Å². The van der Waals surface area contributed by atoms with Crippen LogP contribution in [0.4, 0.5) is 21.5 Å². The second-order valence-electron chi connectivity index (χ2n) is 4.39. The van der Waals surface area contributed by atoms with Crippen LogP contribution in [0.25, 0.3) is 0 Å². The molecule has 0 aromatic heterocycles. The van der Waals surface area contributed by atoms with Crippen molar-refractivity contribution >= 4 is 33.0 Å². The van der Waals surface area contributed by atoms with Gasteiger partial charge in [-0.2, -0.15) is 0 Å². The molecule has 0 fully saturated rings. The summed E-state index contributed by atoms with van der Waals surface area (Å²) in [6, 6.07) is 8.70. The largest absolute Gasteiger partial charge is 0.491 e. The Hall–Kier alpha value is -1.75. The molecule has 2 aromatic rings. The summed E-state index contributed by atoms with van der Waals surface area (Å²) >= 11 is 3.42. The number of nitrogens with one attached hydrogen (secondary N) is 1. The number of hydrogen-bond acceptors (Lipinski definition) is 3. The van der Waals surface area contributed by atoms with Crippen molar-refractivity contribution in [2.45, 2.75) is 13.8 Å². The molecule has 20 heavy (non-hydrogen) atoms. The predicted octanol–water partition coefficient (Wildman–Crippen LogP) is 4.62. The topological polar surface area (TPSA) is 47.3 Å². The lowest BCUT2D eigenvalue weighted by atomic mass is 10.2. The zero-order valence-electron chi connectivity index (χ0n) is 11.3. The standard InChI is InChI=1S/C15H16BrFN2O/c1-3-20-15-8-14(12(18)7-11(15)17)19-13-5-4-10(16)6-9(13)2/h4-8,19H,3,18H2,1-2H3. The molecule has 0 aliphatic rings. The van der Waals surface area contributed by atoms with Crippen LogP contribution in [-0.2, 0) is 0 Å². The summed E-state index contributed by atoms with van der Waals surface area (Å²) in [7, 11) is 0. The first-order valence-electron chi connectivity index (χ1n) is 6.26. The fourth-order valence-electron chi connectivity index (χ4n) is 1.86. The van der Waals surface area contributed by atoms with Crippen LogP contribution in [0.1, 0.15) is 12.5 Å². The lowest BCUT2D eigenvalue weighted by Gasteiger charge is -2.14. The zero-order valence-corrected chi connectivity index (χ0v) is 12.9. The monoisotopic (exact) mass is 338 g/mol. The van der Waals surface area contributed by atoms with Crippen molar-refractivity contribution in [3.05, 3.63) is 46.2 Å². The number of nitrogen functional groups attached to an aromatic ring is 1. The molecular weight excluding hydrogens is 323 g/mol. The number of nitrogens with two attached hydrogens (primary N) is 1. The number of aryl methyl sites for hydroxylation is 1. The summed E-state index contributed by atoms with van der Waals surface area (Å²) < 4.78 is 19.9. The van der Waals surface area contributed by atoms with Crippen LogP contribution >= 0.6 is 15.9 Å². The minimum Gasteiger partial charge on any atom is -0.491 e. The first-order valence-corrected chi connectivity index (χ1v) is 7.05. The number of halogens is 2. The van der Waals surface area contributed by atoms with Crippen LogP contribution in [0.3, 0.4) is 0 Å². The SMILES string of the molecule is CCOc1cc(Nc2ccc(Br)cc2C)c(N)cc1F. The minimum atomic E-state index is -0.456. The van der Waals surface area contributed by atoms with Crippen LogP contribution in [0.2, 0.25) is 0 Å². The van der Waals surface area contributed by atoms with Gasteiger partial charge < -0.3 is 15.8 Å². The number of hydrogen-bond donors (Lipinski definition) is 2. The van der Waals surface area contributed by atoms with Gasteiger partial charge in [0.15, 0.2) is 11.6 Å². The molecule has 0 bridgehead atoms. The van der Waals surface area contributed by atoms with E-state index in [1.165, 1.54) is 6.07 Å². The van der Waals surface area contributed by atoms with Crippen LogP contribution in [-0.4, -0.2) is 6.61 Å². The van der Waals surface area contributed by atoms with Gasteiger partial charge in [-0.25, -0.2) is 4.39 Å². The van der Waals surface area contributed by atoms with E-state index < -0.39 is 5.82 Å². The Morgan fingerprint density at radius 3 is 2.65 bits per heavy atom. The first kappa shape index (κ1) is 14.7. The molecule has 2 aromatic carbocycles. The quantitative estimate of drug-likeness (QED) is 0.799. The number of anilines is 3. The molecule has 0 spiro atoms. The average molecular weight is 339 g/mol. The summed E-state index contributed by atoms with van der Waals surface area (Å²) in [6.07, 6.45) is 0. The summed E-state index contributed by atoms with van der Waals surface area (Å²) in [5.74, 6) is -0.263. The zero-order chi connectivity index (χ0) is 14.7. The molecule has 0 amide bonds. The van der Waals surface area contributed by atoms with Crippen LogP contribution in [0, 0.1) is 12.7 Å². The third-order valence-corrected chi connectivity index (χ3v) is 3.35. The van der Waals surface area contributed by atoms with E-state index in [1.807, 2.05) is 32.0 Å². The smallest absolute Gasteiger partial charge is 0.167 e. The lowest BCUT2D eigenvalue weighted by Crippen LogP contribution is -2.01. The van der Waals surface area contributed by atoms with Crippen molar-refractivity contribution in [2.24, 2.45) is 0 Å². The lowest BCUT2D eigenvalue weighted by molar-refractivity contribution is 0.322. The molecule has 0 saturated carbocycles. The molecular formula is C15H16BrFN2O. The maximum absolute atomic E-state index is 13.6. The van der Waals surface area contributed by atoms with Crippen LogP contribution in [0.5, 0.6) is 5.75 Å². The second-order valence-corrected chi connectivity index (χ2v) is 5.30. The second kappa shape index (κ2) is 6.13. The van der Waals surface area contributed by atoms with Gasteiger partial charge in [0.2, 0.25) is 0 Å². The number of benzene rings is 2. The highest BCUT2D eigenvalue weighted by Gasteiger charge is 2.10. The van der Waals surface area contributed by atoms with E-state index in [1.54, 1.807) is 6.07 Å². The van der Waals surface area contributed by atoms with E-state index in [4.69, 9.17) is 10.5 Å². The third kappa shape index (κ3) is 3.22.